The smallest absolute Gasteiger partial charge is 0.229 e. The van der Waals surface area contributed by atoms with Crippen molar-refractivity contribution < 1.29 is 9.47 Å². The van der Waals surface area contributed by atoms with Crippen LogP contribution in [0.4, 0.5) is 5.13 Å². The quantitative estimate of drug-likeness (QED) is 0.792. The number of aromatic nitrogens is 3. The summed E-state index contributed by atoms with van der Waals surface area (Å²) >= 11 is 7.40. The lowest BCUT2D eigenvalue weighted by atomic mass is 10.2. The summed E-state index contributed by atoms with van der Waals surface area (Å²) in [4.78, 5) is 5.22. The Bertz CT molecular complexity index is 840. The van der Waals surface area contributed by atoms with Gasteiger partial charge in [0.15, 0.2) is 5.76 Å². The van der Waals surface area contributed by atoms with Crippen molar-refractivity contribution in [2.24, 2.45) is 0 Å². The Morgan fingerprint density at radius 1 is 1.32 bits per heavy atom. The summed E-state index contributed by atoms with van der Waals surface area (Å²) in [6, 6.07) is 7.61. The lowest BCUT2D eigenvalue weighted by Gasteiger charge is -2.01. The Morgan fingerprint density at radius 3 is 2.95 bits per heavy atom. The van der Waals surface area contributed by atoms with E-state index in [9.17, 15) is 0 Å². The molecule has 1 aromatic carbocycles. The molecule has 0 unspecified atom stereocenters. The molecule has 2 aromatic heterocycles. The molecule has 4 rings (SSSR count). The first-order valence-electron chi connectivity index (χ1n) is 6.57. The first-order chi connectivity index (χ1) is 10.8. The molecule has 3 aromatic rings. The fraction of sp³-hybridized carbons (Fsp3) is 0.143. The van der Waals surface area contributed by atoms with Crippen LogP contribution in [-0.4, -0.2) is 27.9 Å². The lowest BCUT2D eigenvalue weighted by Crippen LogP contribution is -2.05. The predicted molar refractivity (Wildman–Crippen MR) is 84.9 cm³/mol. The molecule has 3 heterocycles. The number of imidazole rings is 1. The Labute approximate surface area is 134 Å². The van der Waals surface area contributed by atoms with E-state index in [1.54, 1.807) is 6.26 Å². The number of halogens is 1. The van der Waals surface area contributed by atoms with Gasteiger partial charge in [-0.05, 0) is 12.1 Å². The minimum absolute atomic E-state index is 0.277. The third-order valence-corrected chi connectivity index (χ3v) is 4.30. The van der Waals surface area contributed by atoms with Crippen molar-refractivity contribution in [3.05, 3.63) is 47.5 Å². The number of anilines is 1. The number of ether oxygens (including phenoxy) is 2. The third-order valence-electron chi connectivity index (χ3n) is 3.17. The van der Waals surface area contributed by atoms with Crippen LogP contribution in [-0.2, 0) is 9.47 Å². The van der Waals surface area contributed by atoms with E-state index in [1.807, 2.05) is 35.0 Å². The molecule has 1 aliphatic rings. The zero-order chi connectivity index (χ0) is 14.9. The zero-order valence-electron chi connectivity index (χ0n) is 11.3. The molecule has 8 heteroatoms. The summed E-state index contributed by atoms with van der Waals surface area (Å²) in [5.41, 5.74) is 1.94. The number of hydrogen-bond donors (Lipinski definition) is 1. The molecule has 0 saturated heterocycles. The van der Waals surface area contributed by atoms with Crippen LogP contribution < -0.4 is 5.32 Å². The van der Waals surface area contributed by atoms with Crippen molar-refractivity contribution in [1.29, 1.82) is 0 Å². The van der Waals surface area contributed by atoms with Crippen LogP contribution in [0.5, 0.6) is 0 Å². The van der Waals surface area contributed by atoms with Gasteiger partial charge >= 0.3 is 0 Å². The molecule has 1 N–H and O–H groups in total. The number of rotatable bonds is 4. The van der Waals surface area contributed by atoms with Crippen molar-refractivity contribution in [1.82, 2.24) is 14.6 Å². The van der Waals surface area contributed by atoms with E-state index in [2.05, 4.69) is 15.4 Å². The highest BCUT2D eigenvalue weighted by Gasteiger charge is 2.13. The van der Waals surface area contributed by atoms with Gasteiger partial charge in [0.1, 0.15) is 6.26 Å². The Kier molecular flexibility index (Phi) is 3.36. The number of benzene rings is 1. The maximum Gasteiger partial charge on any atom is 0.229 e. The monoisotopic (exact) mass is 334 g/mol. The van der Waals surface area contributed by atoms with Crippen LogP contribution in [0.15, 0.2) is 42.5 Å². The second kappa shape index (κ2) is 5.51. The van der Waals surface area contributed by atoms with Crippen molar-refractivity contribution in [3.63, 3.8) is 0 Å². The average molecular weight is 335 g/mol. The molecule has 0 atom stereocenters. The van der Waals surface area contributed by atoms with E-state index in [4.69, 9.17) is 21.1 Å². The van der Waals surface area contributed by atoms with Crippen LogP contribution in [0.3, 0.4) is 0 Å². The van der Waals surface area contributed by atoms with Gasteiger partial charge in [0.25, 0.3) is 0 Å². The van der Waals surface area contributed by atoms with Crippen LogP contribution in [0.1, 0.15) is 0 Å². The third kappa shape index (κ3) is 2.49. The van der Waals surface area contributed by atoms with Crippen molar-refractivity contribution in [2.75, 3.05) is 18.7 Å². The van der Waals surface area contributed by atoms with Gasteiger partial charge in [-0.2, -0.15) is 0 Å². The van der Waals surface area contributed by atoms with E-state index in [-0.39, 0.29) is 6.79 Å². The largest absolute Gasteiger partial charge is 0.462 e. The molecule has 0 amide bonds. The normalized spacial score (nSPS) is 13.8. The van der Waals surface area contributed by atoms with Crippen LogP contribution in [0, 0.1) is 0 Å². The van der Waals surface area contributed by atoms with Crippen molar-refractivity contribution >= 4 is 33.0 Å². The zero-order valence-corrected chi connectivity index (χ0v) is 12.9. The van der Waals surface area contributed by atoms with Gasteiger partial charge < -0.3 is 14.8 Å². The minimum Gasteiger partial charge on any atom is -0.462 e. The summed E-state index contributed by atoms with van der Waals surface area (Å²) in [7, 11) is 0. The molecule has 0 bridgehead atoms. The van der Waals surface area contributed by atoms with Crippen molar-refractivity contribution in [2.45, 2.75) is 0 Å². The van der Waals surface area contributed by atoms with E-state index in [1.165, 1.54) is 11.3 Å². The van der Waals surface area contributed by atoms with E-state index < -0.39 is 0 Å². The second-order valence-electron chi connectivity index (χ2n) is 4.62. The first kappa shape index (κ1) is 13.4. The molecule has 0 saturated carbocycles. The number of fused-ring (bicyclic) bond motifs is 1. The molecule has 22 heavy (non-hydrogen) atoms. The highest BCUT2D eigenvalue weighted by atomic mass is 35.5. The fourth-order valence-electron chi connectivity index (χ4n) is 2.11. The van der Waals surface area contributed by atoms with Crippen molar-refractivity contribution in [3.8, 4) is 11.3 Å². The summed E-state index contributed by atoms with van der Waals surface area (Å²) in [5.74, 6) is 0.755. The number of nitrogens with zero attached hydrogens (tertiary/aromatic N) is 3. The Hall–Kier alpha value is -2.25. The summed E-state index contributed by atoms with van der Waals surface area (Å²) in [5, 5.41) is 9.22. The Balaban J connectivity index is 1.60. The van der Waals surface area contributed by atoms with Gasteiger partial charge in [-0.3, -0.25) is 0 Å². The first-order valence-corrected chi connectivity index (χ1v) is 7.77. The molecule has 6 nitrogen and oxygen atoms in total. The van der Waals surface area contributed by atoms with Gasteiger partial charge in [0.05, 0.1) is 18.4 Å². The number of hydrogen-bond acceptors (Lipinski definition) is 6. The maximum atomic E-state index is 5.93. The van der Waals surface area contributed by atoms with E-state index >= 15 is 0 Å². The minimum atomic E-state index is 0.277. The van der Waals surface area contributed by atoms with E-state index in [0.717, 1.165) is 27.1 Å². The Morgan fingerprint density at radius 2 is 2.18 bits per heavy atom. The number of nitrogens with one attached hydrogen (secondary N) is 1. The molecule has 0 fully saturated rings. The van der Waals surface area contributed by atoms with E-state index in [0.29, 0.717) is 11.6 Å². The molecule has 112 valence electrons. The topological polar surface area (TPSA) is 60.7 Å². The van der Waals surface area contributed by atoms with Gasteiger partial charge in [-0.15, -0.1) is 5.10 Å². The van der Waals surface area contributed by atoms with Gasteiger partial charge in [-0.1, -0.05) is 35.1 Å². The van der Waals surface area contributed by atoms with Crippen LogP contribution >= 0.6 is 22.9 Å². The van der Waals surface area contributed by atoms with Gasteiger partial charge in [0, 0.05) is 10.6 Å². The fourth-order valence-corrected chi connectivity index (χ4v) is 3.00. The standard InChI is InChI=1S/C14H11ClN4O2S/c15-10-3-1-9(2-4-10)12-6-17-14-19(12)18-13(22-14)16-5-11-7-20-8-21-11/h1-4,6-7H,5,8H2,(H,16,18). The second-order valence-corrected chi connectivity index (χ2v) is 6.01. The molecule has 0 aliphatic carbocycles. The average Bonchev–Trinajstić information content (AvgIpc) is 3.23. The lowest BCUT2D eigenvalue weighted by molar-refractivity contribution is 0.0805. The van der Waals surface area contributed by atoms with Crippen LogP contribution in [0.25, 0.3) is 16.2 Å². The summed E-state index contributed by atoms with van der Waals surface area (Å²) in [6.45, 7) is 0.811. The molecular formula is C14H11ClN4O2S. The summed E-state index contributed by atoms with van der Waals surface area (Å²) < 4.78 is 12.1. The SMILES string of the molecule is Clc1ccc(-c2cnc3sc(NCC4=COCO4)nn23)cc1. The molecule has 0 spiro atoms. The maximum absolute atomic E-state index is 5.93. The highest BCUT2D eigenvalue weighted by Crippen LogP contribution is 2.27. The molecule has 0 radical (unpaired) electrons. The summed E-state index contributed by atoms with van der Waals surface area (Å²) in [6.07, 6.45) is 3.41. The molecular weight excluding hydrogens is 324 g/mol. The van der Waals surface area contributed by atoms with Crippen LogP contribution in [0.2, 0.25) is 5.02 Å². The van der Waals surface area contributed by atoms with Gasteiger partial charge in [0.2, 0.25) is 16.9 Å². The molecule has 1 aliphatic heterocycles. The predicted octanol–water partition coefficient (Wildman–Crippen LogP) is 3.37. The van der Waals surface area contributed by atoms with Gasteiger partial charge in [-0.25, -0.2) is 9.50 Å². The highest BCUT2D eigenvalue weighted by molar-refractivity contribution is 7.20.